The van der Waals surface area contributed by atoms with Crippen LogP contribution in [0.4, 0.5) is 0 Å². The number of amides is 1. The number of hydrogen-bond donors (Lipinski definition) is 2. The van der Waals surface area contributed by atoms with Crippen LogP contribution < -0.4 is 11.1 Å². The molecule has 1 saturated heterocycles. The third kappa shape index (κ3) is 8.77. The third-order valence-corrected chi connectivity index (χ3v) is 4.63. The number of nitrogens with two attached hydrogens (primary N) is 1. The number of piperidine rings is 1. The first-order valence-corrected chi connectivity index (χ1v) is 9.72. The maximum absolute atomic E-state index is 11.2. The third-order valence-electron chi connectivity index (χ3n) is 4.63. The van der Waals surface area contributed by atoms with E-state index >= 15 is 0 Å². The fourth-order valence-corrected chi connectivity index (χ4v) is 3.35. The molecule has 1 fully saturated rings. The van der Waals surface area contributed by atoms with Gasteiger partial charge in [-0.2, -0.15) is 0 Å². The maximum atomic E-state index is 11.2. The normalized spacial score (nSPS) is 17.8. The van der Waals surface area contributed by atoms with E-state index in [0.29, 0.717) is 25.5 Å². The molecule has 158 valence electrons. The Balaban J connectivity index is 0.00000392. The monoisotopic (exact) mass is 502 g/mol. The maximum Gasteiger partial charge on any atom is 0.217 e. The van der Waals surface area contributed by atoms with Crippen LogP contribution in [0.2, 0.25) is 0 Å². The number of halogens is 1. The summed E-state index contributed by atoms with van der Waals surface area (Å²) in [5.41, 5.74) is 7.57. The highest BCUT2D eigenvalue weighted by Gasteiger charge is 2.23. The van der Waals surface area contributed by atoms with E-state index in [1.807, 2.05) is 0 Å². The number of hydrogen-bond acceptors (Lipinski definition) is 3. The molecule has 1 aromatic rings. The highest BCUT2D eigenvalue weighted by atomic mass is 127. The van der Waals surface area contributed by atoms with E-state index in [1.165, 1.54) is 11.1 Å². The summed E-state index contributed by atoms with van der Waals surface area (Å²) in [5, 5.41) is 3.45. The topological polar surface area (TPSA) is 80.0 Å². The summed E-state index contributed by atoms with van der Waals surface area (Å²) in [6, 6.07) is 8.42. The van der Waals surface area contributed by atoms with Crippen molar-refractivity contribution in [1.29, 1.82) is 0 Å². The number of rotatable bonds is 6. The minimum Gasteiger partial charge on any atom is -0.371 e. The van der Waals surface area contributed by atoms with Gasteiger partial charge in [0.05, 0.1) is 12.2 Å². The van der Waals surface area contributed by atoms with Crippen molar-refractivity contribution in [3.8, 4) is 0 Å². The smallest absolute Gasteiger partial charge is 0.217 e. The van der Waals surface area contributed by atoms with Crippen molar-refractivity contribution >= 4 is 35.8 Å². The van der Waals surface area contributed by atoms with Crippen LogP contribution in [0, 0.1) is 5.92 Å². The molecule has 0 bridgehead atoms. The van der Waals surface area contributed by atoms with Gasteiger partial charge in [-0.05, 0) is 50.7 Å². The van der Waals surface area contributed by atoms with E-state index in [-0.39, 0.29) is 35.5 Å². The molecule has 2 rings (SSSR count). The molecule has 1 aliphatic heterocycles. The number of ether oxygens (including phenoxy) is 1. The van der Waals surface area contributed by atoms with Crippen LogP contribution in [0.15, 0.2) is 29.3 Å². The van der Waals surface area contributed by atoms with Gasteiger partial charge in [0, 0.05) is 33.1 Å². The summed E-state index contributed by atoms with van der Waals surface area (Å²) in [4.78, 5) is 17.9. The van der Waals surface area contributed by atoms with Gasteiger partial charge in [-0.15, -0.1) is 24.0 Å². The van der Waals surface area contributed by atoms with Gasteiger partial charge in [0.2, 0.25) is 5.91 Å². The standard InChI is InChI=1S/C21H34N4O2.HI/c1-21(2,3)27-15-18-8-5-7-16(11-18)13-24-20(23-4)25-10-6-9-17(14-25)12-19(22)26;/h5,7-8,11,17H,6,9-10,12-15H2,1-4H3,(H2,22,26)(H,23,24);1H. The van der Waals surface area contributed by atoms with Crippen molar-refractivity contribution in [3.63, 3.8) is 0 Å². The van der Waals surface area contributed by atoms with Gasteiger partial charge in [0.15, 0.2) is 5.96 Å². The summed E-state index contributed by atoms with van der Waals surface area (Å²) in [5.74, 6) is 0.965. The summed E-state index contributed by atoms with van der Waals surface area (Å²) in [6.45, 7) is 9.27. The zero-order valence-corrected chi connectivity index (χ0v) is 19.9. The van der Waals surface area contributed by atoms with Gasteiger partial charge < -0.3 is 20.7 Å². The van der Waals surface area contributed by atoms with E-state index in [2.05, 4.69) is 60.2 Å². The van der Waals surface area contributed by atoms with Gasteiger partial charge in [-0.25, -0.2) is 0 Å². The Morgan fingerprint density at radius 3 is 2.71 bits per heavy atom. The average molecular weight is 502 g/mol. The van der Waals surface area contributed by atoms with Crippen LogP contribution in [-0.2, 0) is 22.7 Å². The van der Waals surface area contributed by atoms with Gasteiger partial charge in [0.1, 0.15) is 0 Å². The molecular formula is C21H35IN4O2. The molecule has 7 heteroatoms. The van der Waals surface area contributed by atoms with E-state index in [9.17, 15) is 4.79 Å². The fourth-order valence-electron chi connectivity index (χ4n) is 3.35. The Bertz CT molecular complexity index is 658. The predicted octanol–water partition coefficient (Wildman–Crippen LogP) is 3.28. The number of nitrogens with zero attached hydrogens (tertiary/aromatic N) is 2. The van der Waals surface area contributed by atoms with Gasteiger partial charge in [-0.3, -0.25) is 9.79 Å². The molecule has 0 saturated carbocycles. The second kappa shape index (κ2) is 11.6. The first kappa shape index (κ1) is 24.7. The molecule has 1 aliphatic rings. The summed E-state index contributed by atoms with van der Waals surface area (Å²) >= 11 is 0. The largest absolute Gasteiger partial charge is 0.371 e. The number of nitrogens with one attached hydrogen (secondary N) is 1. The lowest BCUT2D eigenvalue weighted by Gasteiger charge is -2.34. The average Bonchev–Trinajstić information content (AvgIpc) is 2.60. The number of carbonyl (C=O) groups is 1. The van der Waals surface area contributed by atoms with E-state index < -0.39 is 0 Å². The van der Waals surface area contributed by atoms with Crippen LogP contribution in [0.1, 0.15) is 51.2 Å². The van der Waals surface area contributed by atoms with Crippen molar-refractivity contribution < 1.29 is 9.53 Å². The highest BCUT2D eigenvalue weighted by molar-refractivity contribution is 14.0. The Kier molecular flexibility index (Phi) is 10.2. The first-order chi connectivity index (χ1) is 12.8. The minimum atomic E-state index is -0.223. The second-order valence-corrected chi connectivity index (χ2v) is 8.25. The molecule has 1 aromatic carbocycles. The highest BCUT2D eigenvalue weighted by Crippen LogP contribution is 2.19. The Morgan fingerprint density at radius 1 is 1.36 bits per heavy atom. The first-order valence-electron chi connectivity index (χ1n) is 9.72. The quantitative estimate of drug-likeness (QED) is 0.356. The van der Waals surface area contributed by atoms with Gasteiger partial charge in [-0.1, -0.05) is 24.3 Å². The lowest BCUT2D eigenvalue weighted by Crippen LogP contribution is -2.46. The Hall–Kier alpha value is -1.35. The Labute approximate surface area is 186 Å². The van der Waals surface area contributed by atoms with Crippen LogP contribution in [0.25, 0.3) is 0 Å². The summed E-state index contributed by atoms with van der Waals surface area (Å²) < 4.78 is 5.87. The van der Waals surface area contributed by atoms with E-state index in [0.717, 1.165) is 31.9 Å². The molecule has 6 nitrogen and oxygen atoms in total. The van der Waals surface area contributed by atoms with Gasteiger partial charge in [0.25, 0.3) is 0 Å². The second-order valence-electron chi connectivity index (χ2n) is 8.25. The van der Waals surface area contributed by atoms with Gasteiger partial charge >= 0.3 is 0 Å². The van der Waals surface area contributed by atoms with Crippen molar-refractivity contribution in [2.75, 3.05) is 20.1 Å². The lowest BCUT2D eigenvalue weighted by atomic mass is 9.95. The number of carbonyl (C=O) groups excluding carboxylic acids is 1. The lowest BCUT2D eigenvalue weighted by molar-refractivity contribution is -0.119. The van der Waals surface area contributed by atoms with Crippen LogP contribution >= 0.6 is 24.0 Å². The summed E-state index contributed by atoms with van der Waals surface area (Å²) in [7, 11) is 1.80. The molecule has 1 unspecified atom stereocenters. The molecule has 0 radical (unpaired) electrons. The van der Waals surface area contributed by atoms with E-state index in [4.69, 9.17) is 10.5 Å². The number of primary amides is 1. The van der Waals surface area contributed by atoms with Crippen molar-refractivity contribution in [1.82, 2.24) is 10.2 Å². The fraction of sp³-hybridized carbons (Fsp3) is 0.619. The van der Waals surface area contributed by atoms with E-state index in [1.54, 1.807) is 7.05 Å². The van der Waals surface area contributed by atoms with Crippen LogP contribution in [0.3, 0.4) is 0 Å². The molecule has 28 heavy (non-hydrogen) atoms. The predicted molar refractivity (Wildman–Crippen MR) is 125 cm³/mol. The SMILES string of the molecule is CN=C(NCc1cccc(COC(C)(C)C)c1)N1CCCC(CC(N)=O)C1.I. The molecule has 0 aromatic heterocycles. The minimum absolute atomic E-state index is 0. The number of guanidine groups is 1. The number of likely N-dealkylation sites (tertiary alicyclic amines) is 1. The number of aliphatic imine (C=N–C) groups is 1. The molecule has 0 spiro atoms. The Morgan fingerprint density at radius 2 is 2.07 bits per heavy atom. The zero-order valence-electron chi connectivity index (χ0n) is 17.5. The van der Waals surface area contributed by atoms with Crippen LogP contribution in [-0.4, -0.2) is 42.5 Å². The van der Waals surface area contributed by atoms with Crippen LogP contribution in [0.5, 0.6) is 0 Å². The van der Waals surface area contributed by atoms with Crippen molar-refractivity contribution in [2.24, 2.45) is 16.6 Å². The molecule has 0 aliphatic carbocycles. The van der Waals surface area contributed by atoms with Crippen molar-refractivity contribution in [2.45, 2.75) is 58.8 Å². The molecule has 3 N–H and O–H groups in total. The zero-order chi connectivity index (χ0) is 19.9. The van der Waals surface area contributed by atoms with Crippen molar-refractivity contribution in [3.05, 3.63) is 35.4 Å². The molecule has 1 atom stereocenters. The molecule has 1 amide bonds. The molecular weight excluding hydrogens is 467 g/mol. The molecule has 1 heterocycles. The number of benzene rings is 1. The summed E-state index contributed by atoms with van der Waals surface area (Å²) in [6.07, 6.45) is 2.55.